The first-order chi connectivity index (χ1) is 28.5. The summed E-state index contributed by atoms with van der Waals surface area (Å²) in [5, 5.41) is 0. The molecule has 0 rings (SSSR count). The topological polar surface area (TPSA) is 78.9 Å². The van der Waals surface area contributed by atoms with Crippen molar-refractivity contribution in [2.24, 2.45) is 0 Å². The van der Waals surface area contributed by atoms with Gasteiger partial charge < -0.3 is 14.2 Å². The molecular formula is C52H94O6. The van der Waals surface area contributed by atoms with Crippen molar-refractivity contribution in [1.82, 2.24) is 0 Å². The number of hydrogen-bond acceptors (Lipinski definition) is 6. The third kappa shape index (κ3) is 44.7. The Morgan fingerprint density at radius 2 is 0.672 bits per heavy atom. The van der Waals surface area contributed by atoms with Crippen molar-refractivity contribution in [3.05, 3.63) is 36.5 Å². The summed E-state index contributed by atoms with van der Waals surface area (Å²) in [6, 6.07) is 0. The van der Waals surface area contributed by atoms with E-state index in [1.807, 2.05) is 0 Å². The number of unbranched alkanes of at least 4 members (excludes halogenated alkanes) is 30. The molecule has 0 saturated carbocycles. The fourth-order valence-corrected chi connectivity index (χ4v) is 7.21. The first-order valence-electron chi connectivity index (χ1n) is 25.0. The molecule has 0 aliphatic carbocycles. The van der Waals surface area contributed by atoms with Crippen molar-refractivity contribution in [2.75, 3.05) is 13.2 Å². The van der Waals surface area contributed by atoms with E-state index in [1.54, 1.807) is 0 Å². The summed E-state index contributed by atoms with van der Waals surface area (Å²) < 4.78 is 16.8. The van der Waals surface area contributed by atoms with Gasteiger partial charge in [0.15, 0.2) is 6.10 Å². The summed E-state index contributed by atoms with van der Waals surface area (Å²) in [6.07, 6.45) is 54.0. The van der Waals surface area contributed by atoms with Crippen LogP contribution in [-0.4, -0.2) is 37.2 Å². The Morgan fingerprint density at radius 3 is 1.03 bits per heavy atom. The van der Waals surface area contributed by atoms with Crippen molar-refractivity contribution >= 4 is 17.9 Å². The second-order valence-electron chi connectivity index (χ2n) is 16.8. The molecule has 6 heteroatoms. The number of allylic oxidation sites excluding steroid dienone is 6. The zero-order chi connectivity index (χ0) is 42.3. The average molecular weight is 815 g/mol. The highest BCUT2D eigenvalue weighted by atomic mass is 16.6. The Hall–Kier alpha value is -2.37. The lowest BCUT2D eigenvalue weighted by Crippen LogP contribution is -2.30. The van der Waals surface area contributed by atoms with Gasteiger partial charge in [0.2, 0.25) is 0 Å². The van der Waals surface area contributed by atoms with Gasteiger partial charge in [-0.25, -0.2) is 0 Å². The molecule has 0 aliphatic heterocycles. The van der Waals surface area contributed by atoms with Gasteiger partial charge in [0.05, 0.1) is 0 Å². The summed E-state index contributed by atoms with van der Waals surface area (Å²) in [5.41, 5.74) is 0. The Balaban J connectivity index is 4.36. The fourth-order valence-electron chi connectivity index (χ4n) is 7.21. The summed E-state index contributed by atoms with van der Waals surface area (Å²) >= 11 is 0. The highest BCUT2D eigenvalue weighted by Gasteiger charge is 2.19. The van der Waals surface area contributed by atoms with Crippen LogP contribution >= 0.6 is 0 Å². The summed E-state index contributed by atoms with van der Waals surface area (Å²) in [4.78, 5) is 37.9. The van der Waals surface area contributed by atoms with Crippen molar-refractivity contribution in [3.8, 4) is 0 Å². The molecule has 0 aromatic heterocycles. The minimum atomic E-state index is -0.770. The molecule has 0 N–H and O–H groups in total. The van der Waals surface area contributed by atoms with Crippen molar-refractivity contribution in [2.45, 2.75) is 264 Å². The molecule has 0 bridgehead atoms. The van der Waals surface area contributed by atoms with Crippen molar-refractivity contribution < 1.29 is 28.6 Å². The molecule has 1 unspecified atom stereocenters. The molecule has 0 aromatic carbocycles. The molecule has 0 aromatic rings. The van der Waals surface area contributed by atoms with E-state index < -0.39 is 6.10 Å². The lowest BCUT2D eigenvalue weighted by atomic mass is 10.0. The molecule has 0 fully saturated rings. The zero-order valence-electron chi connectivity index (χ0n) is 38.6. The van der Waals surface area contributed by atoms with Crippen LogP contribution in [0.2, 0.25) is 0 Å². The van der Waals surface area contributed by atoms with Gasteiger partial charge in [-0.3, -0.25) is 14.4 Å². The van der Waals surface area contributed by atoms with Gasteiger partial charge in [0, 0.05) is 19.3 Å². The molecule has 0 spiro atoms. The van der Waals surface area contributed by atoms with Crippen LogP contribution in [0.1, 0.15) is 258 Å². The van der Waals surface area contributed by atoms with Gasteiger partial charge in [0.25, 0.3) is 0 Å². The van der Waals surface area contributed by atoms with Crippen LogP contribution in [0.5, 0.6) is 0 Å². The quantitative estimate of drug-likeness (QED) is 0.0264. The van der Waals surface area contributed by atoms with Crippen LogP contribution in [0.15, 0.2) is 36.5 Å². The maximum absolute atomic E-state index is 12.8. The van der Waals surface area contributed by atoms with Gasteiger partial charge in [0.1, 0.15) is 13.2 Å². The minimum absolute atomic E-state index is 0.0719. The molecule has 0 aliphatic rings. The normalized spacial score (nSPS) is 12.3. The minimum Gasteiger partial charge on any atom is -0.462 e. The molecule has 58 heavy (non-hydrogen) atoms. The predicted octanol–water partition coefficient (Wildman–Crippen LogP) is 16.1. The Morgan fingerprint density at radius 1 is 0.362 bits per heavy atom. The summed E-state index contributed by atoms with van der Waals surface area (Å²) in [5.74, 6) is -0.875. The molecule has 0 heterocycles. The van der Waals surface area contributed by atoms with Crippen LogP contribution < -0.4 is 0 Å². The second-order valence-corrected chi connectivity index (χ2v) is 16.8. The Labute approximate surface area is 359 Å². The van der Waals surface area contributed by atoms with Crippen LogP contribution in [0.4, 0.5) is 0 Å². The van der Waals surface area contributed by atoms with Crippen LogP contribution in [0, 0.1) is 0 Å². The molecule has 6 nitrogen and oxygen atoms in total. The largest absolute Gasteiger partial charge is 0.462 e. The summed E-state index contributed by atoms with van der Waals surface area (Å²) in [7, 11) is 0. The van der Waals surface area contributed by atoms with E-state index in [4.69, 9.17) is 14.2 Å². The lowest BCUT2D eigenvalue weighted by molar-refractivity contribution is -0.167. The lowest BCUT2D eigenvalue weighted by Gasteiger charge is -2.18. The standard InChI is InChI=1S/C52H94O6/c1-4-7-10-13-16-19-22-25-26-28-30-33-36-39-42-45-51(54)57-48-49(47-56-50(53)44-41-38-35-32-29-24-21-18-15-12-9-6-3)58-52(55)46-43-40-37-34-31-27-23-20-17-14-11-8-5-2/h7,10,13,16,19,22,49H,4-6,8-9,11-12,14-15,17-18,20-21,23-48H2,1-3H3/b10-7-,16-13-,22-19-. The molecule has 338 valence electrons. The summed E-state index contributed by atoms with van der Waals surface area (Å²) in [6.45, 7) is 6.51. The number of hydrogen-bond donors (Lipinski definition) is 0. The Kier molecular flexibility index (Phi) is 45.4. The molecular weight excluding hydrogens is 721 g/mol. The molecule has 1 atom stereocenters. The van der Waals surface area contributed by atoms with Gasteiger partial charge >= 0.3 is 17.9 Å². The number of carbonyl (C=O) groups is 3. The van der Waals surface area contributed by atoms with Gasteiger partial charge in [-0.05, 0) is 38.5 Å². The van der Waals surface area contributed by atoms with E-state index in [-0.39, 0.29) is 31.1 Å². The molecule has 0 amide bonds. The van der Waals surface area contributed by atoms with Crippen molar-refractivity contribution in [1.29, 1.82) is 0 Å². The highest BCUT2D eigenvalue weighted by molar-refractivity contribution is 5.71. The van der Waals surface area contributed by atoms with E-state index in [0.29, 0.717) is 19.3 Å². The van der Waals surface area contributed by atoms with Crippen molar-refractivity contribution in [3.63, 3.8) is 0 Å². The second kappa shape index (κ2) is 47.3. The SMILES string of the molecule is CC\C=C/C=C\C=C/CCCCCCCCCC(=O)OCC(COC(=O)CCCCCCCCCCCCCC)OC(=O)CCCCCCCCCCCCCCC. The van der Waals surface area contributed by atoms with E-state index in [1.165, 1.54) is 148 Å². The van der Waals surface area contributed by atoms with E-state index in [9.17, 15) is 14.4 Å². The van der Waals surface area contributed by atoms with Gasteiger partial charge in [-0.2, -0.15) is 0 Å². The third-order valence-electron chi connectivity index (χ3n) is 11.0. The first-order valence-corrected chi connectivity index (χ1v) is 25.0. The van der Waals surface area contributed by atoms with Crippen LogP contribution in [0.3, 0.4) is 0 Å². The number of rotatable bonds is 45. The Bertz CT molecular complexity index is 984. The maximum Gasteiger partial charge on any atom is 0.306 e. The maximum atomic E-state index is 12.8. The van der Waals surface area contributed by atoms with Gasteiger partial charge in [-0.15, -0.1) is 0 Å². The number of esters is 3. The third-order valence-corrected chi connectivity index (χ3v) is 11.0. The van der Waals surface area contributed by atoms with Gasteiger partial charge in [-0.1, -0.05) is 237 Å². The first kappa shape index (κ1) is 55.6. The number of ether oxygens (including phenoxy) is 3. The zero-order valence-corrected chi connectivity index (χ0v) is 38.6. The van der Waals surface area contributed by atoms with Crippen LogP contribution in [-0.2, 0) is 28.6 Å². The van der Waals surface area contributed by atoms with E-state index in [2.05, 4.69) is 57.2 Å². The smallest absolute Gasteiger partial charge is 0.306 e. The van der Waals surface area contributed by atoms with E-state index >= 15 is 0 Å². The fraction of sp³-hybridized carbons (Fsp3) is 0.827. The number of carbonyl (C=O) groups excluding carboxylic acids is 3. The monoisotopic (exact) mass is 815 g/mol. The highest BCUT2D eigenvalue weighted by Crippen LogP contribution is 2.16. The molecule has 0 radical (unpaired) electrons. The average Bonchev–Trinajstić information content (AvgIpc) is 3.22. The van der Waals surface area contributed by atoms with E-state index in [0.717, 1.165) is 70.6 Å². The van der Waals surface area contributed by atoms with Crippen LogP contribution in [0.25, 0.3) is 0 Å². The molecule has 0 saturated heterocycles. The predicted molar refractivity (Wildman–Crippen MR) is 247 cm³/mol.